The minimum Gasteiger partial charge on any atom is -0.378 e. The maximum absolute atomic E-state index is 6.23. The van der Waals surface area contributed by atoms with Gasteiger partial charge in [-0.25, -0.2) is 0 Å². The van der Waals surface area contributed by atoms with Gasteiger partial charge < -0.3 is 4.74 Å². The summed E-state index contributed by atoms with van der Waals surface area (Å²) in [6, 6.07) is 5.65. The normalized spacial score (nSPS) is 21.3. The molecule has 0 amide bonds. The monoisotopic (exact) mass is 302 g/mol. The second-order valence-corrected chi connectivity index (χ2v) is 5.71. The fourth-order valence-electron chi connectivity index (χ4n) is 2.51. The lowest BCUT2D eigenvalue weighted by Gasteiger charge is -2.25. The Hall–Kier alpha value is -0.320. The number of halogens is 2. The van der Waals surface area contributed by atoms with E-state index >= 15 is 0 Å². The summed E-state index contributed by atoms with van der Waals surface area (Å²) in [5.41, 5.74) is 3.78. The molecule has 2 rings (SSSR count). The summed E-state index contributed by atoms with van der Waals surface area (Å²) in [7, 11) is 0. The van der Waals surface area contributed by atoms with Gasteiger partial charge in [-0.15, -0.1) is 0 Å². The molecule has 0 aliphatic carbocycles. The first kappa shape index (κ1) is 15.1. The molecule has 2 atom stereocenters. The van der Waals surface area contributed by atoms with Gasteiger partial charge >= 0.3 is 0 Å². The van der Waals surface area contributed by atoms with Gasteiger partial charge in [0.15, 0.2) is 0 Å². The predicted molar refractivity (Wildman–Crippen MR) is 79.4 cm³/mol. The van der Waals surface area contributed by atoms with Crippen LogP contribution in [0.2, 0.25) is 10.0 Å². The van der Waals surface area contributed by atoms with Crippen molar-refractivity contribution in [2.24, 2.45) is 5.84 Å². The van der Waals surface area contributed by atoms with Crippen LogP contribution in [-0.2, 0) is 4.74 Å². The van der Waals surface area contributed by atoms with Gasteiger partial charge in [0.05, 0.1) is 16.1 Å². The molecular formula is C14H20Cl2N2O. The fraction of sp³-hybridized carbons (Fsp3) is 0.571. The number of hydrogen-bond donors (Lipinski definition) is 2. The molecular weight excluding hydrogens is 283 g/mol. The molecule has 0 spiro atoms. The lowest BCUT2D eigenvalue weighted by molar-refractivity contribution is 0.00854. The molecule has 1 fully saturated rings. The minimum atomic E-state index is 0.0109. The van der Waals surface area contributed by atoms with Crippen molar-refractivity contribution in [3.63, 3.8) is 0 Å². The van der Waals surface area contributed by atoms with Gasteiger partial charge in [-0.3, -0.25) is 11.3 Å². The van der Waals surface area contributed by atoms with E-state index in [9.17, 15) is 0 Å². The van der Waals surface area contributed by atoms with E-state index in [1.165, 1.54) is 12.8 Å². The van der Waals surface area contributed by atoms with E-state index in [0.717, 1.165) is 31.4 Å². The molecule has 3 nitrogen and oxygen atoms in total. The molecule has 5 heteroatoms. The summed E-state index contributed by atoms with van der Waals surface area (Å²) in [5.74, 6) is 5.65. The molecule has 1 saturated heterocycles. The molecule has 3 N–H and O–H groups in total. The summed E-state index contributed by atoms with van der Waals surface area (Å²) >= 11 is 12.3. The van der Waals surface area contributed by atoms with Gasteiger partial charge in [0.25, 0.3) is 0 Å². The first-order valence-corrected chi connectivity index (χ1v) is 7.49. The molecule has 0 aromatic heterocycles. The number of hydrazine groups is 1. The summed E-state index contributed by atoms with van der Waals surface area (Å²) in [4.78, 5) is 0. The largest absolute Gasteiger partial charge is 0.378 e. The zero-order chi connectivity index (χ0) is 13.7. The van der Waals surface area contributed by atoms with Crippen molar-refractivity contribution in [1.82, 2.24) is 5.43 Å². The first-order chi connectivity index (χ1) is 9.22. The van der Waals surface area contributed by atoms with Gasteiger partial charge in [0.1, 0.15) is 0 Å². The zero-order valence-corrected chi connectivity index (χ0v) is 12.4. The molecule has 106 valence electrons. The SMILES string of the molecule is NNC(CCC1CCCCO1)c1cccc(Cl)c1Cl. The third-order valence-corrected chi connectivity index (χ3v) is 4.44. The first-order valence-electron chi connectivity index (χ1n) is 6.74. The van der Waals surface area contributed by atoms with Crippen LogP contribution in [0.15, 0.2) is 18.2 Å². The van der Waals surface area contributed by atoms with Crippen LogP contribution in [-0.4, -0.2) is 12.7 Å². The quantitative estimate of drug-likeness (QED) is 0.641. The highest BCUT2D eigenvalue weighted by molar-refractivity contribution is 6.42. The molecule has 1 aromatic carbocycles. The average molecular weight is 303 g/mol. The molecule has 1 aliphatic rings. The van der Waals surface area contributed by atoms with Crippen molar-refractivity contribution in [3.8, 4) is 0 Å². The van der Waals surface area contributed by atoms with E-state index in [1.807, 2.05) is 12.1 Å². The Kier molecular flexibility index (Phi) is 5.92. The molecule has 0 saturated carbocycles. The van der Waals surface area contributed by atoms with Gasteiger partial charge in [0.2, 0.25) is 0 Å². The van der Waals surface area contributed by atoms with Crippen molar-refractivity contribution in [1.29, 1.82) is 0 Å². The Morgan fingerprint density at radius 1 is 1.37 bits per heavy atom. The van der Waals surface area contributed by atoms with Crippen LogP contribution in [0.3, 0.4) is 0 Å². The van der Waals surface area contributed by atoms with E-state index in [2.05, 4.69) is 5.43 Å². The highest BCUT2D eigenvalue weighted by Gasteiger charge is 2.19. The number of nitrogens with two attached hydrogens (primary N) is 1. The Balaban J connectivity index is 1.97. The fourth-order valence-corrected chi connectivity index (χ4v) is 2.95. The Labute approximate surface area is 124 Å². The Morgan fingerprint density at radius 3 is 2.89 bits per heavy atom. The van der Waals surface area contributed by atoms with Gasteiger partial charge in [0, 0.05) is 12.6 Å². The van der Waals surface area contributed by atoms with E-state index in [0.29, 0.717) is 16.1 Å². The lowest BCUT2D eigenvalue weighted by atomic mass is 9.97. The van der Waals surface area contributed by atoms with Crippen molar-refractivity contribution in [2.45, 2.75) is 44.2 Å². The number of benzene rings is 1. The highest BCUT2D eigenvalue weighted by atomic mass is 35.5. The number of ether oxygens (including phenoxy) is 1. The minimum absolute atomic E-state index is 0.0109. The molecule has 2 unspecified atom stereocenters. The zero-order valence-electron chi connectivity index (χ0n) is 10.9. The van der Waals surface area contributed by atoms with Crippen molar-refractivity contribution in [2.75, 3.05) is 6.61 Å². The second-order valence-electron chi connectivity index (χ2n) is 4.93. The van der Waals surface area contributed by atoms with Crippen molar-refractivity contribution >= 4 is 23.2 Å². The summed E-state index contributed by atoms with van der Waals surface area (Å²) in [6.07, 6.45) is 5.79. The Morgan fingerprint density at radius 2 is 2.21 bits per heavy atom. The summed E-state index contributed by atoms with van der Waals surface area (Å²) < 4.78 is 5.74. The van der Waals surface area contributed by atoms with Crippen LogP contribution in [0.25, 0.3) is 0 Å². The average Bonchev–Trinajstić information content (AvgIpc) is 2.45. The third-order valence-electron chi connectivity index (χ3n) is 3.61. The molecule has 1 aliphatic heterocycles. The van der Waals surface area contributed by atoms with Crippen LogP contribution in [0.4, 0.5) is 0 Å². The topological polar surface area (TPSA) is 47.3 Å². The van der Waals surface area contributed by atoms with Gasteiger partial charge in [-0.1, -0.05) is 35.3 Å². The van der Waals surface area contributed by atoms with Crippen LogP contribution in [0.5, 0.6) is 0 Å². The third kappa shape index (κ3) is 4.07. The molecule has 0 bridgehead atoms. The molecule has 1 heterocycles. The maximum atomic E-state index is 6.23. The lowest BCUT2D eigenvalue weighted by Crippen LogP contribution is -2.30. The van der Waals surface area contributed by atoms with E-state index < -0.39 is 0 Å². The smallest absolute Gasteiger partial charge is 0.0640 e. The van der Waals surface area contributed by atoms with Gasteiger partial charge in [-0.2, -0.15) is 0 Å². The van der Waals surface area contributed by atoms with Crippen LogP contribution in [0, 0.1) is 0 Å². The van der Waals surface area contributed by atoms with E-state index in [1.54, 1.807) is 6.07 Å². The highest BCUT2D eigenvalue weighted by Crippen LogP contribution is 2.32. The predicted octanol–water partition coefficient (Wildman–Crippen LogP) is 3.85. The Bertz CT molecular complexity index is 408. The summed E-state index contributed by atoms with van der Waals surface area (Å²) in [5, 5.41) is 1.14. The standard InChI is InChI=1S/C14H20Cl2N2O/c15-12-6-3-5-11(14(12)16)13(18-17)8-7-10-4-1-2-9-19-10/h3,5-6,10,13,18H,1-2,4,7-9,17H2. The van der Waals surface area contributed by atoms with E-state index in [-0.39, 0.29) is 6.04 Å². The number of nitrogens with one attached hydrogen (secondary N) is 1. The van der Waals surface area contributed by atoms with Crippen LogP contribution >= 0.6 is 23.2 Å². The maximum Gasteiger partial charge on any atom is 0.0640 e. The van der Waals surface area contributed by atoms with Gasteiger partial charge in [-0.05, 0) is 43.7 Å². The second kappa shape index (κ2) is 7.46. The van der Waals surface area contributed by atoms with E-state index in [4.69, 9.17) is 33.8 Å². The summed E-state index contributed by atoms with van der Waals surface area (Å²) in [6.45, 7) is 0.878. The van der Waals surface area contributed by atoms with Crippen LogP contribution in [0.1, 0.15) is 43.7 Å². The molecule has 0 radical (unpaired) electrons. The molecule has 19 heavy (non-hydrogen) atoms. The van der Waals surface area contributed by atoms with Crippen LogP contribution < -0.4 is 11.3 Å². The van der Waals surface area contributed by atoms with Crippen molar-refractivity contribution in [3.05, 3.63) is 33.8 Å². The molecule has 1 aromatic rings. The number of rotatable bonds is 5. The number of hydrogen-bond acceptors (Lipinski definition) is 3. The van der Waals surface area contributed by atoms with Crippen molar-refractivity contribution < 1.29 is 4.74 Å².